The zero-order valence-corrected chi connectivity index (χ0v) is 14.5. The number of methoxy groups -OCH3 is 1. The van der Waals surface area contributed by atoms with E-state index in [9.17, 15) is 13.2 Å². The van der Waals surface area contributed by atoms with Crippen molar-refractivity contribution in [3.05, 3.63) is 11.5 Å². The topological polar surface area (TPSA) is 116 Å². The minimum atomic E-state index is -3.78. The molecule has 23 heavy (non-hydrogen) atoms. The molecular weight excluding hydrogens is 322 g/mol. The number of primary amides is 1. The molecule has 1 amide bonds. The van der Waals surface area contributed by atoms with Gasteiger partial charge >= 0.3 is 0 Å². The minimum Gasteiger partial charge on any atom is -0.385 e. The summed E-state index contributed by atoms with van der Waals surface area (Å²) < 4.78 is 37.2. The summed E-state index contributed by atoms with van der Waals surface area (Å²) in [6.45, 7) is 3.89. The van der Waals surface area contributed by atoms with E-state index in [4.69, 9.17) is 15.0 Å². The first-order chi connectivity index (χ1) is 10.7. The third kappa shape index (κ3) is 3.26. The van der Waals surface area contributed by atoms with Crippen molar-refractivity contribution in [1.82, 2.24) is 9.46 Å². The normalized spacial score (nSPS) is 23.1. The molecule has 0 aliphatic carbocycles. The Balaban J connectivity index is 2.35. The molecule has 130 valence electrons. The fourth-order valence-electron chi connectivity index (χ4n) is 3.09. The number of hydrogen-bond acceptors (Lipinski definition) is 6. The van der Waals surface area contributed by atoms with Gasteiger partial charge in [0.25, 0.3) is 0 Å². The van der Waals surface area contributed by atoms with Crippen molar-refractivity contribution in [2.45, 2.75) is 38.0 Å². The molecule has 2 heterocycles. The van der Waals surface area contributed by atoms with E-state index < -0.39 is 21.3 Å². The molecule has 1 atom stereocenters. The lowest BCUT2D eigenvalue weighted by atomic mass is 9.77. The van der Waals surface area contributed by atoms with Crippen LogP contribution in [0.25, 0.3) is 0 Å². The third-order valence-corrected chi connectivity index (χ3v) is 6.51. The van der Waals surface area contributed by atoms with E-state index in [1.807, 2.05) is 0 Å². The standard InChI is InChI=1S/C14H23N3O5S/c1-10-12(11(2)22-16-10)23(19,20)17-7-4-5-14(9-17,13(15)18)6-8-21-3/h4-9H2,1-3H3,(H2,15,18). The highest BCUT2D eigenvalue weighted by Crippen LogP contribution is 2.36. The maximum atomic E-state index is 12.9. The number of aryl methyl sites for hydroxylation is 2. The Morgan fingerprint density at radius 2 is 2.17 bits per heavy atom. The molecular formula is C14H23N3O5S. The van der Waals surface area contributed by atoms with Gasteiger partial charge in [0.1, 0.15) is 10.6 Å². The van der Waals surface area contributed by atoms with Gasteiger partial charge < -0.3 is 15.0 Å². The number of nitrogens with two attached hydrogens (primary N) is 1. The summed E-state index contributed by atoms with van der Waals surface area (Å²) in [5.41, 5.74) is 4.99. The first kappa shape index (κ1) is 17.9. The van der Waals surface area contributed by atoms with Gasteiger partial charge in [-0.2, -0.15) is 4.31 Å². The van der Waals surface area contributed by atoms with Crippen LogP contribution in [0, 0.1) is 19.3 Å². The lowest BCUT2D eigenvalue weighted by Gasteiger charge is -2.39. The monoisotopic (exact) mass is 345 g/mol. The zero-order valence-electron chi connectivity index (χ0n) is 13.7. The maximum Gasteiger partial charge on any atom is 0.248 e. The van der Waals surface area contributed by atoms with Crippen molar-refractivity contribution in [1.29, 1.82) is 0 Å². The summed E-state index contributed by atoms with van der Waals surface area (Å²) in [5.74, 6) is -0.247. The molecule has 0 radical (unpaired) electrons. The van der Waals surface area contributed by atoms with Gasteiger partial charge in [-0.05, 0) is 33.1 Å². The highest BCUT2D eigenvalue weighted by atomic mass is 32.2. The Bertz CT molecular complexity index is 665. The van der Waals surface area contributed by atoms with Crippen LogP contribution in [0.1, 0.15) is 30.7 Å². The highest BCUT2D eigenvalue weighted by Gasteiger charge is 2.45. The van der Waals surface area contributed by atoms with Crippen LogP contribution in [0.3, 0.4) is 0 Å². The second-order valence-electron chi connectivity index (χ2n) is 5.98. The average molecular weight is 345 g/mol. The van der Waals surface area contributed by atoms with Crippen molar-refractivity contribution >= 4 is 15.9 Å². The first-order valence-corrected chi connectivity index (χ1v) is 8.90. The number of sulfonamides is 1. The van der Waals surface area contributed by atoms with Crippen molar-refractivity contribution in [2.75, 3.05) is 26.8 Å². The van der Waals surface area contributed by atoms with Crippen LogP contribution in [-0.2, 0) is 19.6 Å². The number of rotatable bonds is 6. The Labute approximate surface area is 136 Å². The Morgan fingerprint density at radius 1 is 1.48 bits per heavy atom. The van der Waals surface area contributed by atoms with Crippen molar-refractivity contribution in [3.63, 3.8) is 0 Å². The lowest BCUT2D eigenvalue weighted by molar-refractivity contribution is -0.131. The lowest BCUT2D eigenvalue weighted by Crippen LogP contribution is -2.52. The van der Waals surface area contributed by atoms with Gasteiger partial charge in [0.15, 0.2) is 5.76 Å². The van der Waals surface area contributed by atoms with E-state index in [1.165, 1.54) is 11.4 Å². The van der Waals surface area contributed by atoms with E-state index in [0.29, 0.717) is 38.1 Å². The molecule has 0 aromatic carbocycles. The van der Waals surface area contributed by atoms with E-state index in [-0.39, 0.29) is 17.2 Å². The summed E-state index contributed by atoms with van der Waals surface area (Å²) in [4.78, 5) is 12.1. The minimum absolute atomic E-state index is 0.0537. The molecule has 0 spiro atoms. The number of amides is 1. The van der Waals surface area contributed by atoms with Crippen LogP contribution in [0.15, 0.2) is 9.42 Å². The van der Waals surface area contributed by atoms with Crippen LogP contribution in [0.5, 0.6) is 0 Å². The predicted octanol–water partition coefficient (Wildman–Crippen LogP) is 0.584. The van der Waals surface area contributed by atoms with Crippen LogP contribution in [0.2, 0.25) is 0 Å². The van der Waals surface area contributed by atoms with Gasteiger partial charge in [0, 0.05) is 26.8 Å². The van der Waals surface area contributed by atoms with Gasteiger partial charge in [-0.3, -0.25) is 4.79 Å². The highest BCUT2D eigenvalue weighted by molar-refractivity contribution is 7.89. The van der Waals surface area contributed by atoms with Gasteiger partial charge in [0.2, 0.25) is 15.9 Å². The maximum absolute atomic E-state index is 12.9. The SMILES string of the molecule is COCCC1(C(N)=O)CCCN(S(=O)(=O)c2c(C)noc2C)C1. The number of nitrogens with zero attached hydrogens (tertiary/aromatic N) is 2. The van der Waals surface area contributed by atoms with Gasteiger partial charge in [0.05, 0.1) is 5.41 Å². The summed E-state index contributed by atoms with van der Waals surface area (Å²) in [7, 11) is -2.24. The number of carbonyl (C=O) groups is 1. The first-order valence-electron chi connectivity index (χ1n) is 7.46. The summed E-state index contributed by atoms with van der Waals surface area (Å²) in [6, 6.07) is 0. The molecule has 1 unspecified atom stereocenters. The van der Waals surface area contributed by atoms with Crippen LogP contribution in [0.4, 0.5) is 0 Å². The Kier molecular flexibility index (Phi) is 5.12. The van der Waals surface area contributed by atoms with Crippen LogP contribution >= 0.6 is 0 Å². The molecule has 1 aromatic rings. The van der Waals surface area contributed by atoms with E-state index in [2.05, 4.69) is 5.16 Å². The molecule has 1 aliphatic heterocycles. The van der Waals surface area contributed by atoms with E-state index in [0.717, 1.165) is 0 Å². The van der Waals surface area contributed by atoms with E-state index >= 15 is 0 Å². The van der Waals surface area contributed by atoms with Gasteiger partial charge in [-0.15, -0.1) is 0 Å². The molecule has 2 N–H and O–H groups in total. The quantitative estimate of drug-likeness (QED) is 0.806. The second-order valence-corrected chi connectivity index (χ2v) is 7.86. The number of hydrogen-bond donors (Lipinski definition) is 1. The van der Waals surface area contributed by atoms with Crippen LogP contribution in [-0.4, -0.2) is 50.6 Å². The molecule has 9 heteroatoms. The largest absolute Gasteiger partial charge is 0.385 e. The summed E-state index contributed by atoms with van der Waals surface area (Å²) >= 11 is 0. The number of ether oxygens (including phenoxy) is 1. The summed E-state index contributed by atoms with van der Waals surface area (Å²) in [5, 5.41) is 3.71. The second kappa shape index (κ2) is 6.58. The van der Waals surface area contributed by atoms with Crippen molar-refractivity contribution in [2.24, 2.45) is 11.1 Å². The third-order valence-electron chi connectivity index (χ3n) is 4.42. The fourth-order valence-corrected chi connectivity index (χ4v) is 4.95. The smallest absolute Gasteiger partial charge is 0.248 e. The molecule has 2 rings (SSSR count). The Morgan fingerprint density at radius 3 is 2.70 bits per heavy atom. The fraction of sp³-hybridized carbons (Fsp3) is 0.714. The zero-order chi connectivity index (χ0) is 17.3. The number of carbonyl (C=O) groups excluding carboxylic acids is 1. The molecule has 0 bridgehead atoms. The summed E-state index contributed by atoms with van der Waals surface area (Å²) in [6.07, 6.45) is 1.51. The predicted molar refractivity (Wildman–Crippen MR) is 82.1 cm³/mol. The average Bonchev–Trinajstić information content (AvgIpc) is 2.84. The Hall–Kier alpha value is -1.45. The van der Waals surface area contributed by atoms with Gasteiger partial charge in [-0.1, -0.05) is 5.16 Å². The molecule has 1 aromatic heterocycles. The van der Waals surface area contributed by atoms with Crippen LogP contribution < -0.4 is 5.73 Å². The van der Waals surface area contributed by atoms with E-state index in [1.54, 1.807) is 13.8 Å². The van der Waals surface area contributed by atoms with Gasteiger partial charge in [-0.25, -0.2) is 8.42 Å². The van der Waals surface area contributed by atoms with Crippen molar-refractivity contribution in [3.8, 4) is 0 Å². The molecule has 1 aliphatic rings. The molecule has 0 saturated carbocycles. The number of piperidine rings is 1. The number of aromatic nitrogens is 1. The molecule has 8 nitrogen and oxygen atoms in total. The molecule has 1 saturated heterocycles. The van der Waals surface area contributed by atoms with Crippen molar-refractivity contribution < 1.29 is 22.5 Å². The molecule has 1 fully saturated rings.